The van der Waals surface area contributed by atoms with Crippen LogP contribution >= 0.6 is 11.6 Å². The van der Waals surface area contributed by atoms with Gasteiger partial charge in [-0.3, -0.25) is 4.79 Å². The van der Waals surface area contributed by atoms with E-state index in [1.165, 1.54) is 0 Å². The first-order valence-corrected chi connectivity index (χ1v) is 6.83. The highest BCUT2D eigenvalue weighted by Crippen LogP contribution is 2.19. The molecule has 1 aromatic rings. The van der Waals surface area contributed by atoms with Gasteiger partial charge in [0.15, 0.2) is 6.10 Å². The third-order valence-corrected chi connectivity index (χ3v) is 3.47. The molecule has 1 aromatic carbocycles. The summed E-state index contributed by atoms with van der Waals surface area (Å²) in [5, 5.41) is 10.0. The van der Waals surface area contributed by atoms with Crippen molar-refractivity contribution in [2.45, 2.75) is 32.0 Å². The molecule has 1 unspecified atom stereocenters. The third-order valence-electron chi connectivity index (χ3n) is 3.23. The van der Waals surface area contributed by atoms with Crippen molar-refractivity contribution in [1.82, 2.24) is 4.90 Å². The standard InChI is InChI=1S/C14H18ClNO3/c1-10(19-13-4-2-3-11(15)9-13)14(18)16-7-5-12(17)6-8-16/h2-4,9-10,12,17H,5-8H2,1H3. The average Bonchev–Trinajstić information content (AvgIpc) is 2.39. The summed E-state index contributed by atoms with van der Waals surface area (Å²) in [7, 11) is 0. The Bertz CT molecular complexity index is 444. The molecule has 104 valence electrons. The lowest BCUT2D eigenvalue weighted by atomic mass is 10.1. The zero-order chi connectivity index (χ0) is 13.8. The van der Waals surface area contributed by atoms with Crippen LogP contribution in [-0.4, -0.2) is 41.2 Å². The molecule has 1 fully saturated rings. The molecule has 19 heavy (non-hydrogen) atoms. The molecular formula is C14H18ClNO3. The fourth-order valence-corrected chi connectivity index (χ4v) is 2.32. The van der Waals surface area contributed by atoms with Crippen molar-refractivity contribution in [3.63, 3.8) is 0 Å². The van der Waals surface area contributed by atoms with Crippen molar-refractivity contribution in [3.8, 4) is 5.75 Å². The summed E-state index contributed by atoms with van der Waals surface area (Å²) >= 11 is 5.87. The number of aliphatic hydroxyl groups excluding tert-OH is 1. The van der Waals surface area contributed by atoms with Crippen LogP contribution in [0.25, 0.3) is 0 Å². The van der Waals surface area contributed by atoms with E-state index in [0.29, 0.717) is 36.7 Å². The first kappa shape index (κ1) is 14.2. The number of nitrogens with zero attached hydrogens (tertiary/aromatic N) is 1. The predicted molar refractivity (Wildman–Crippen MR) is 73.4 cm³/mol. The van der Waals surface area contributed by atoms with Crippen molar-refractivity contribution in [1.29, 1.82) is 0 Å². The number of piperidine rings is 1. The molecule has 1 heterocycles. The maximum atomic E-state index is 12.2. The van der Waals surface area contributed by atoms with Crippen LogP contribution in [0.15, 0.2) is 24.3 Å². The van der Waals surface area contributed by atoms with Crippen molar-refractivity contribution in [2.75, 3.05) is 13.1 Å². The number of carbonyl (C=O) groups excluding carboxylic acids is 1. The van der Waals surface area contributed by atoms with E-state index in [1.807, 2.05) is 0 Å². The maximum absolute atomic E-state index is 12.2. The Hall–Kier alpha value is -1.26. The Kier molecular flexibility index (Phi) is 4.66. The molecule has 1 saturated heterocycles. The van der Waals surface area contributed by atoms with Crippen LogP contribution in [-0.2, 0) is 4.79 Å². The third kappa shape index (κ3) is 3.85. The second-order valence-electron chi connectivity index (χ2n) is 4.77. The predicted octanol–water partition coefficient (Wildman–Crippen LogP) is 2.09. The molecule has 5 heteroatoms. The second-order valence-corrected chi connectivity index (χ2v) is 5.21. The van der Waals surface area contributed by atoms with Crippen molar-refractivity contribution in [3.05, 3.63) is 29.3 Å². The lowest BCUT2D eigenvalue weighted by Gasteiger charge is -2.31. The number of rotatable bonds is 3. The molecule has 0 radical (unpaired) electrons. The maximum Gasteiger partial charge on any atom is 0.263 e. The Labute approximate surface area is 117 Å². The first-order chi connectivity index (χ1) is 9.06. The number of hydrogen-bond donors (Lipinski definition) is 1. The fourth-order valence-electron chi connectivity index (χ4n) is 2.14. The van der Waals surface area contributed by atoms with E-state index in [1.54, 1.807) is 36.1 Å². The Morgan fingerprint density at radius 2 is 2.16 bits per heavy atom. The summed E-state index contributed by atoms with van der Waals surface area (Å²) in [6, 6.07) is 7.00. The molecule has 2 rings (SSSR count). The molecule has 0 saturated carbocycles. The van der Waals surface area contributed by atoms with Crippen molar-refractivity contribution < 1.29 is 14.6 Å². The Morgan fingerprint density at radius 3 is 2.79 bits per heavy atom. The highest BCUT2D eigenvalue weighted by Gasteiger charge is 2.26. The second kappa shape index (κ2) is 6.26. The molecule has 1 N–H and O–H groups in total. The van der Waals surface area contributed by atoms with E-state index < -0.39 is 6.10 Å². The summed E-state index contributed by atoms with van der Waals surface area (Å²) in [4.78, 5) is 13.9. The van der Waals surface area contributed by atoms with Crippen molar-refractivity contribution >= 4 is 17.5 Å². The van der Waals surface area contributed by atoms with Gasteiger partial charge in [0.25, 0.3) is 5.91 Å². The summed E-state index contributed by atoms with van der Waals surface area (Å²) in [5.41, 5.74) is 0. The van der Waals surface area contributed by atoms with Gasteiger partial charge in [-0.2, -0.15) is 0 Å². The van der Waals surface area contributed by atoms with Gasteiger partial charge in [-0.25, -0.2) is 0 Å². The zero-order valence-corrected chi connectivity index (χ0v) is 11.6. The molecule has 4 nitrogen and oxygen atoms in total. The molecule has 1 aliphatic rings. The normalized spacial score (nSPS) is 18.2. The fraction of sp³-hybridized carbons (Fsp3) is 0.500. The Morgan fingerprint density at radius 1 is 1.47 bits per heavy atom. The highest BCUT2D eigenvalue weighted by molar-refractivity contribution is 6.30. The molecule has 0 bridgehead atoms. The smallest absolute Gasteiger partial charge is 0.263 e. The van der Waals surface area contributed by atoms with Gasteiger partial charge in [-0.1, -0.05) is 17.7 Å². The van der Waals surface area contributed by atoms with Crippen LogP contribution < -0.4 is 4.74 Å². The van der Waals surface area contributed by atoms with E-state index in [4.69, 9.17) is 16.3 Å². The number of aliphatic hydroxyl groups is 1. The van der Waals surface area contributed by atoms with E-state index in [9.17, 15) is 9.90 Å². The number of amides is 1. The summed E-state index contributed by atoms with van der Waals surface area (Å²) < 4.78 is 5.60. The van der Waals surface area contributed by atoms with Gasteiger partial charge < -0.3 is 14.7 Å². The number of likely N-dealkylation sites (tertiary alicyclic amines) is 1. The van der Waals surface area contributed by atoms with Crippen LogP contribution in [0.3, 0.4) is 0 Å². The summed E-state index contributed by atoms with van der Waals surface area (Å²) in [6.07, 6.45) is 0.438. The Balaban J connectivity index is 1.92. The van der Waals surface area contributed by atoms with Crippen LogP contribution in [0.2, 0.25) is 5.02 Å². The molecule has 0 aliphatic carbocycles. The molecule has 1 aliphatic heterocycles. The van der Waals surface area contributed by atoms with Gasteiger partial charge in [0, 0.05) is 18.1 Å². The van der Waals surface area contributed by atoms with Gasteiger partial charge in [0.2, 0.25) is 0 Å². The quantitative estimate of drug-likeness (QED) is 0.924. The van der Waals surface area contributed by atoms with Crippen LogP contribution in [0.5, 0.6) is 5.75 Å². The molecule has 1 amide bonds. The lowest BCUT2D eigenvalue weighted by molar-refractivity contribution is -0.139. The largest absolute Gasteiger partial charge is 0.481 e. The van der Waals surface area contributed by atoms with E-state index in [-0.39, 0.29) is 12.0 Å². The average molecular weight is 284 g/mol. The van der Waals surface area contributed by atoms with Crippen LogP contribution in [0.1, 0.15) is 19.8 Å². The van der Waals surface area contributed by atoms with Gasteiger partial charge in [0.05, 0.1) is 6.10 Å². The van der Waals surface area contributed by atoms with E-state index in [0.717, 1.165) is 0 Å². The number of ether oxygens (including phenoxy) is 1. The minimum Gasteiger partial charge on any atom is -0.481 e. The number of benzene rings is 1. The van der Waals surface area contributed by atoms with Crippen LogP contribution in [0.4, 0.5) is 0 Å². The van der Waals surface area contributed by atoms with Gasteiger partial charge in [-0.15, -0.1) is 0 Å². The molecule has 1 atom stereocenters. The minimum absolute atomic E-state index is 0.0492. The lowest BCUT2D eigenvalue weighted by Crippen LogP contribution is -2.45. The van der Waals surface area contributed by atoms with Gasteiger partial charge in [-0.05, 0) is 38.0 Å². The summed E-state index contributed by atoms with van der Waals surface area (Å²) in [5.74, 6) is 0.539. The van der Waals surface area contributed by atoms with Gasteiger partial charge >= 0.3 is 0 Å². The molecule has 0 aromatic heterocycles. The minimum atomic E-state index is -0.547. The SMILES string of the molecule is CC(Oc1cccc(Cl)c1)C(=O)N1CCC(O)CC1. The summed E-state index contributed by atoms with van der Waals surface area (Å²) in [6.45, 7) is 2.90. The highest BCUT2D eigenvalue weighted by atomic mass is 35.5. The van der Waals surface area contributed by atoms with Crippen molar-refractivity contribution in [2.24, 2.45) is 0 Å². The number of carbonyl (C=O) groups is 1. The first-order valence-electron chi connectivity index (χ1n) is 6.45. The topological polar surface area (TPSA) is 49.8 Å². The molecular weight excluding hydrogens is 266 g/mol. The van der Waals surface area contributed by atoms with E-state index >= 15 is 0 Å². The monoisotopic (exact) mass is 283 g/mol. The van der Waals surface area contributed by atoms with Gasteiger partial charge in [0.1, 0.15) is 5.75 Å². The van der Waals surface area contributed by atoms with E-state index in [2.05, 4.69) is 0 Å². The number of halogens is 1. The molecule has 0 spiro atoms. The zero-order valence-electron chi connectivity index (χ0n) is 10.9. The number of hydrogen-bond acceptors (Lipinski definition) is 3. The van der Waals surface area contributed by atoms with Crippen LogP contribution in [0, 0.1) is 0 Å².